The highest BCUT2D eigenvalue weighted by Gasteiger charge is 2.30. The Hall–Kier alpha value is -5.61. The Morgan fingerprint density at radius 1 is 0.860 bits per heavy atom. The van der Waals surface area contributed by atoms with Crippen LogP contribution in [0.2, 0.25) is 0 Å². The van der Waals surface area contributed by atoms with E-state index in [9.17, 15) is 19.5 Å². The Morgan fingerprint density at radius 2 is 1.52 bits per heavy atom. The van der Waals surface area contributed by atoms with Crippen LogP contribution < -0.4 is 10.1 Å². The Labute approximate surface area is 290 Å². The molecule has 4 aromatic carbocycles. The van der Waals surface area contributed by atoms with Crippen molar-refractivity contribution in [3.05, 3.63) is 114 Å². The SMILES string of the molecule is COCCOc1ccc2c(c1)c(-c1ccc(C[C@H](NC(=O)OCC3c4ccccc4-c4ccccc43)C(=O)O)cc1)cn2C(=O)OC(C)(C)C. The van der Waals surface area contributed by atoms with E-state index in [0.29, 0.717) is 30.0 Å². The van der Waals surface area contributed by atoms with Crippen LogP contribution in [0.5, 0.6) is 5.75 Å². The van der Waals surface area contributed by atoms with Crippen molar-refractivity contribution in [1.29, 1.82) is 0 Å². The number of carbonyl (C=O) groups is 3. The molecular formula is C40H40N2O8. The van der Waals surface area contributed by atoms with E-state index in [-0.39, 0.29) is 18.9 Å². The van der Waals surface area contributed by atoms with Gasteiger partial charge in [0.05, 0.1) is 12.1 Å². The maximum atomic E-state index is 13.2. The number of carboxylic acids is 1. The highest BCUT2D eigenvalue weighted by Crippen LogP contribution is 2.44. The molecule has 0 radical (unpaired) electrons. The van der Waals surface area contributed by atoms with Gasteiger partial charge in [0.2, 0.25) is 0 Å². The summed E-state index contributed by atoms with van der Waals surface area (Å²) in [4.78, 5) is 38.3. The van der Waals surface area contributed by atoms with Gasteiger partial charge in [0.25, 0.3) is 0 Å². The highest BCUT2D eigenvalue weighted by atomic mass is 16.6. The van der Waals surface area contributed by atoms with Gasteiger partial charge in [-0.2, -0.15) is 0 Å². The average molecular weight is 677 g/mol. The van der Waals surface area contributed by atoms with Crippen LogP contribution >= 0.6 is 0 Å². The lowest BCUT2D eigenvalue weighted by Crippen LogP contribution is -2.42. The number of amides is 1. The molecule has 0 spiro atoms. The summed E-state index contributed by atoms with van der Waals surface area (Å²) in [6, 6.07) is 27.6. The maximum Gasteiger partial charge on any atom is 0.419 e. The van der Waals surface area contributed by atoms with E-state index in [1.54, 1.807) is 31.5 Å². The van der Waals surface area contributed by atoms with Gasteiger partial charge in [-0.05, 0) is 72.4 Å². The third-order valence-electron chi connectivity index (χ3n) is 8.56. The molecule has 1 aliphatic carbocycles. The van der Waals surface area contributed by atoms with Crippen LogP contribution in [0.1, 0.15) is 43.4 Å². The number of carbonyl (C=O) groups excluding carboxylic acids is 2. The number of hydrogen-bond donors (Lipinski definition) is 2. The minimum absolute atomic E-state index is 0.0387. The fourth-order valence-electron chi connectivity index (χ4n) is 6.27. The average Bonchev–Trinajstić information content (AvgIpc) is 3.63. The predicted octanol–water partition coefficient (Wildman–Crippen LogP) is 7.65. The first kappa shape index (κ1) is 34.3. The number of benzene rings is 4. The van der Waals surface area contributed by atoms with Gasteiger partial charge in [-0.3, -0.25) is 4.57 Å². The minimum Gasteiger partial charge on any atom is -0.491 e. The standard InChI is InChI=1S/C40H40N2O8/c1-40(2,3)50-39(46)42-23-33(32-22-27(17-18-36(32)42)48-20-19-47-4)26-15-13-25(14-16-26)21-35(37(43)44)41-38(45)49-24-34-30-11-7-5-9-28(30)29-10-6-8-12-31(29)34/h5-18,22-23,34-35H,19-21,24H2,1-4H3,(H,41,45)(H,43,44)/t35-/m0/s1. The lowest BCUT2D eigenvalue weighted by Gasteiger charge is -2.19. The molecule has 0 saturated heterocycles. The molecule has 0 unspecified atom stereocenters. The van der Waals surface area contributed by atoms with E-state index >= 15 is 0 Å². The molecule has 1 aromatic heterocycles. The number of fused-ring (bicyclic) bond motifs is 4. The van der Waals surface area contributed by atoms with E-state index in [1.807, 2.05) is 81.4 Å². The monoisotopic (exact) mass is 676 g/mol. The first-order valence-corrected chi connectivity index (χ1v) is 16.5. The van der Waals surface area contributed by atoms with Crippen molar-refractivity contribution >= 4 is 29.1 Å². The summed E-state index contributed by atoms with van der Waals surface area (Å²) in [6.45, 7) is 6.31. The highest BCUT2D eigenvalue weighted by molar-refractivity contribution is 6.01. The second-order valence-corrected chi connectivity index (χ2v) is 13.2. The molecule has 0 bridgehead atoms. The van der Waals surface area contributed by atoms with Crippen molar-refractivity contribution in [2.45, 2.75) is 44.8 Å². The Balaban J connectivity index is 1.17. The van der Waals surface area contributed by atoms with Crippen molar-refractivity contribution in [2.75, 3.05) is 26.9 Å². The Bertz CT molecular complexity index is 1980. The molecule has 1 amide bonds. The van der Waals surface area contributed by atoms with Crippen LogP contribution in [-0.2, 0) is 25.4 Å². The minimum atomic E-state index is -1.21. The zero-order chi connectivity index (χ0) is 35.4. The third kappa shape index (κ3) is 7.50. The van der Waals surface area contributed by atoms with Gasteiger partial charge in [0, 0.05) is 36.6 Å². The number of aromatic nitrogens is 1. The van der Waals surface area contributed by atoms with Gasteiger partial charge < -0.3 is 29.4 Å². The van der Waals surface area contributed by atoms with E-state index < -0.39 is 29.8 Å². The number of hydrogen-bond acceptors (Lipinski definition) is 7. The van der Waals surface area contributed by atoms with Crippen molar-refractivity contribution in [2.24, 2.45) is 0 Å². The summed E-state index contributed by atoms with van der Waals surface area (Å²) in [5.41, 5.74) is 6.57. The number of alkyl carbamates (subject to hydrolysis) is 1. The largest absolute Gasteiger partial charge is 0.491 e. The van der Waals surface area contributed by atoms with E-state index in [1.165, 1.54) is 4.57 Å². The van der Waals surface area contributed by atoms with E-state index in [2.05, 4.69) is 17.4 Å². The lowest BCUT2D eigenvalue weighted by atomic mass is 9.98. The van der Waals surface area contributed by atoms with Crippen LogP contribution in [0.25, 0.3) is 33.2 Å². The summed E-state index contributed by atoms with van der Waals surface area (Å²) in [6.07, 6.45) is 0.457. The Morgan fingerprint density at radius 3 is 2.14 bits per heavy atom. The Kier molecular flexibility index (Phi) is 9.92. The molecule has 2 N–H and O–H groups in total. The molecule has 10 nitrogen and oxygen atoms in total. The van der Waals surface area contributed by atoms with Gasteiger partial charge in [0.15, 0.2) is 0 Å². The normalized spacial score (nSPS) is 13.0. The molecule has 6 rings (SSSR count). The zero-order valence-corrected chi connectivity index (χ0v) is 28.5. The first-order valence-electron chi connectivity index (χ1n) is 16.5. The maximum absolute atomic E-state index is 13.2. The van der Waals surface area contributed by atoms with Gasteiger partial charge >= 0.3 is 18.2 Å². The van der Waals surface area contributed by atoms with Gasteiger partial charge in [-0.15, -0.1) is 0 Å². The topological polar surface area (TPSA) is 125 Å². The first-order chi connectivity index (χ1) is 24.0. The van der Waals surface area contributed by atoms with Crippen LogP contribution in [-0.4, -0.2) is 66.4 Å². The number of aliphatic carboxylic acids is 1. The summed E-state index contributed by atoms with van der Waals surface area (Å²) in [7, 11) is 1.60. The molecule has 1 aliphatic rings. The van der Waals surface area contributed by atoms with Crippen molar-refractivity contribution in [3.8, 4) is 28.0 Å². The molecule has 10 heteroatoms. The van der Waals surface area contributed by atoms with Gasteiger partial charge in [0.1, 0.15) is 30.6 Å². The number of methoxy groups -OCH3 is 1. The molecule has 0 saturated carbocycles. The fourth-order valence-corrected chi connectivity index (χ4v) is 6.27. The molecule has 0 aliphatic heterocycles. The molecule has 0 fully saturated rings. The van der Waals surface area contributed by atoms with Crippen molar-refractivity contribution < 1.29 is 38.4 Å². The summed E-state index contributed by atoms with van der Waals surface area (Å²) < 4.78 is 23.7. The second-order valence-electron chi connectivity index (χ2n) is 13.2. The number of rotatable bonds is 11. The van der Waals surface area contributed by atoms with Crippen LogP contribution in [0.3, 0.4) is 0 Å². The number of nitrogens with one attached hydrogen (secondary N) is 1. The van der Waals surface area contributed by atoms with E-state index in [4.69, 9.17) is 18.9 Å². The van der Waals surface area contributed by atoms with Gasteiger partial charge in [-0.1, -0.05) is 72.8 Å². The van der Waals surface area contributed by atoms with Crippen LogP contribution in [0, 0.1) is 0 Å². The summed E-state index contributed by atoms with van der Waals surface area (Å²) in [5, 5.41) is 13.3. The van der Waals surface area contributed by atoms with Crippen molar-refractivity contribution in [1.82, 2.24) is 9.88 Å². The van der Waals surface area contributed by atoms with Gasteiger partial charge in [-0.25, -0.2) is 14.4 Å². The summed E-state index contributed by atoms with van der Waals surface area (Å²) in [5.74, 6) is -0.694. The van der Waals surface area contributed by atoms with Crippen LogP contribution in [0.15, 0.2) is 97.2 Å². The predicted molar refractivity (Wildman–Crippen MR) is 190 cm³/mol. The number of carboxylic acid groups (broad SMARTS) is 1. The third-order valence-corrected chi connectivity index (χ3v) is 8.56. The molecular weight excluding hydrogens is 636 g/mol. The van der Waals surface area contributed by atoms with Crippen molar-refractivity contribution in [3.63, 3.8) is 0 Å². The molecule has 5 aromatic rings. The summed E-state index contributed by atoms with van der Waals surface area (Å²) >= 11 is 0. The molecule has 1 heterocycles. The molecule has 258 valence electrons. The number of ether oxygens (including phenoxy) is 4. The zero-order valence-electron chi connectivity index (χ0n) is 28.5. The van der Waals surface area contributed by atoms with Crippen LogP contribution in [0.4, 0.5) is 9.59 Å². The smallest absolute Gasteiger partial charge is 0.419 e. The van der Waals surface area contributed by atoms with E-state index in [0.717, 1.165) is 38.8 Å². The fraction of sp³-hybridized carbons (Fsp3) is 0.275. The lowest BCUT2D eigenvalue weighted by molar-refractivity contribution is -0.139. The number of nitrogens with zero attached hydrogens (tertiary/aromatic N) is 1. The quantitative estimate of drug-likeness (QED) is 0.137. The molecule has 1 atom stereocenters. The second kappa shape index (κ2) is 14.5. The molecule has 50 heavy (non-hydrogen) atoms.